The summed E-state index contributed by atoms with van der Waals surface area (Å²) in [5.41, 5.74) is 0.594. The summed E-state index contributed by atoms with van der Waals surface area (Å²) in [7, 11) is 0. The standard InChI is InChI=1S/C13H17ClN2O2/c1-3-8-15-10(2)4-5-11-9-12(14)6-7-13(11)16(17)18/h4-7,9-10,15H,3,8H2,1-2H3/b5-4+. The summed E-state index contributed by atoms with van der Waals surface area (Å²) < 4.78 is 0. The summed E-state index contributed by atoms with van der Waals surface area (Å²) in [6, 6.07) is 4.72. The number of halogens is 1. The predicted molar refractivity (Wildman–Crippen MR) is 74.9 cm³/mol. The molecule has 1 atom stereocenters. The largest absolute Gasteiger partial charge is 0.311 e. The van der Waals surface area contributed by atoms with E-state index in [9.17, 15) is 10.1 Å². The number of hydrogen-bond donors (Lipinski definition) is 1. The van der Waals surface area contributed by atoms with Gasteiger partial charge in [-0.2, -0.15) is 0 Å². The Labute approximate surface area is 112 Å². The van der Waals surface area contributed by atoms with Gasteiger partial charge in [0, 0.05) is 17.1 Å². The van der Waals surface area contributed by atoms with Gasteiger partial charge in [0.05, 0.1) is 10.5 Å². The lowest BCUT2D eigenvalue weighted by atomic mass is 10.1. The Kier molecular flexibility index (Phi) is 5.82. The van der Waals surface area contributed by atoms with Gasteiger partial charge in [0.2, 0.25) is 0 Å². The van der Waals surface area contributed by atoms with Crippen molar-refractivity contribution in [2.45, 2.75) is 26.3 Å². The first kappa shape index (κ1) is 14.7. The van der Waals surface area contributed by atoms with Crippen molar-refractivity contribution in [2.75, 3.05) is 6.54 Å². The summed E-state index contributed by atoms with van der Waals surface area (Å²) in [6.07, 6.45) is 4.68. The van der Waals surface area contributed by atoms with Crippen molar-refractivity contribution in [1.29, 1.82) is 0 Å². The number of nitrogens with one attached hydrogen (secondary N) is 1. The van der Waals surface area contributed by atoms with Crippen molar-refractivity contribution in [3.63, 3.8) is 0 Å². The van der Waals surface area contributed by atoms with Crippen LogP contribution in [0.5, 0.6) is 0 Å². The average Bonchev–Trinajstić information content (AvgIpc) is 2.33. The lowest BCUT2D eigenvalue weighted by Crippen LogP contribution is -2.24. The van der Waals surface area contributed by atoms with E-state index in [-0.39, 0.29) is 11.7 Å². The minimum Gasteiger partial charge on any atom is -0.311 e. The highest BCUT2D eigenvalue weighted by atomic mass is 35.5. The Morgan fingerprint density at radius 1 is 1.56 bits per heavy atom. The maximum absolute atomic E-state index is 10.9. The maximum atomic E-state index is 10.9. The molecule has 1 rings (SSSR count). The third kappa shape index (κ3) is 4.47. The highest BCUT2D eigenvalue weighted by molar-refractivity contribution is 6.30. The van der Waals surface area contributed by atoms with Crippen molar-refractivity contribution < 1.29 is 4.92 Å². The second kappa shape index (κ2) is 7.13. The number of benzene rings is 1. The van der Waals surface area contributed by atoms with Crippen LogP contribution in [0, 0.1) is 10.1 Å². The van der Waals surface area contributed by atoms with Crippen LogP contribution in [0.15, 0.2) is 24.3 Å². The van der Waals surface area contributed by atoms with Crippen LogP contribution in [0.2, 0.25) is 5.02 Å². The van der Waals surface area contributed by atoms with E-state index < -0.39 is 4.92 Å². The highest BCUT2D eigenvalue weighted by Gasteiger charge is 2.11. The van der Waals surface area contributed by atoms with E-state index in [4.69, 9.17) is 11.6 Å². The molecule has 0 spiro atoms. The van der Waals surface area contributed by atoms with Gasteiger partial charge < -0.3 is 5.32 Å². The zero-order valence-corrected chi connectivity index (χ0v) is 11.3. The fourth-order valence-corrected chi connectivity index (χ4v) is 1.69. The van der Waals surface area contributed by atoms with Gasteiger partial charge in [0.1, 0.15) is 0 Å². The van der Waals surface area contributed by atoms with E-state index in [1.165, 1.54) is 12.1 Å². The van der Waals surface area contributed by atoms with E-state index in [2.05, 4.69) is 12.2 Å². The third-order valence-corrected chi connectivity index (χ3v) is 2.70. The quantitative estimate of drug-likeness (QED) is 0.633. The van der Waals surface area contributed by atoms with E-state index in [1.54, 1.807) is 12.1 Å². The number of rotatable bonds is 6. The first-order valence-electron chi connectivity index (χ1n) is 5.90. The topological polar surface area (TPSA) is 55.2 Å². The fraction of sp³-hybridized carbons (Fsp3) is 0.385. The number of nitro benzene ring substituents is 1. The van der Waals surface area contributed by atoms with Crippen LogP contribution in [0.25, 0.3) is 6.08 Å². The second-order valence-electron chi connectivity index (χ2n) is 4.06. The molecule has 0 bridgehead atoms. The Bertz CT molecular complexity index is 447. The number of hydrogen-bond acceptors (Lipinski definition) is 3. The Morgan fingerprint density at radius 3 is 2.89 bits per heavy atom. The summed E-state index contributed by atoms with van der Waals surface area (Å²) in [5, 5.41) is 14.6. The molecule has 0 aliphatic carbocycles. The van der Waals surface area contributed by atoms with Gasteiger partial charge in [-0.1, -0.05) is 30.7 Å². The Hall–Kier alpha value is -1.39. The molecule has 0 saturated carbocycles. The molecule has 18 heavy (non-hydrogen) atoms. The van der Waals surface area contributed by atoms with Gasteiger partial charge in [-0.25, -0.2) is 0 Å². The minimum absolute atomic E-state index is 0.0679. The maximum Gasteiger partial charge on any atom is 0.276 e. The van der Waals surface area contributed by atoms with E-state index >= 15 is 0 Å². The molecule has 0 saturated heterocycles. The molecule has 1 unspecified atom stereocenters. The summed E-state index contributed by atoms with van der Waals surface area (Å²) in [4.78, 5) is 10.5. The van der Waals surface area contributed by atoms with Crippen molar-refractivity contribution in [2.24, 2.45) is 0 Å². The molecule has 1 aromatic rings. The van der Waals surface area contributed by atoms with Crippen LogP contribution >= 0.6 is 11.6 Å². The van der Waals surface area contributed by atoms with Crippen molar-refractivity contribution >= 4 is 23.4 Å². The molecular formula is C13H17ClN2O2. The molecule has 0 aliphatic heterocycles. The van der Waals surface area contributed by atoms with Gasteiger partial charge >= 0.3 is 0 Å². The lowest BCUT2D eigenvalue weighted by molar-refractivity contribution is -0.385. The van der Waals surface area contributed by atoms with Crippen molar-refractivity contribution in [3.8, 4) is 0 Å². The fourth-order valence-electron chi connectivity index (χ4n) is 1.51. The normalized spacial score (nSPS) is 12.8. The monoisotopic (exact) mass is 268 g/mol. The van der Waals surface area contributed by atoms with Crippen LogP contribution in [-0.4, -0.2) is 17.5 Å². The van der Waals surface area contributed by atoms with Gasteiger partial charge in [-0.3, -0.25) is 10.1 Å². The molecule has 4 nitrogen and oxygen atoms in total. The van der Waals surface area contributed by atoms with Crippen molar-refractivity contribution in [1.82, 2.24) is 5.32 Å². The van der Waals surface area contributed by atoms with Crippen LogP contribution in [-0.2, 0) is 0 Å². The Balaban J connectivity index is 2.85. The average molecular weight is 269 g/mol. The zero-order valence-electron chi connectivity index (χ0n) is 10.5. The van der Waals surface area contributed by atoms with Gasteiger partial charge in [-0.05, 0) is 32.0 Å². The molecule has 0 amide bonds. The molecule has 1 aromatic carbocycles. The smallest absolute Gasteiger partial charge is 0.276 e. The third-order valence-electron chi connectivity index (χ3n) is 2.47. The van der Waals surface area contributed by atoms with Crippen LogP contribution in [0.4, 0.5) is 5.69 Å². The molecule has 0 aromatic heterocycles. The summed E-state index contributed by atoms with van der Waals surface area (Å²) in [6.45, 7) is 5.01. The molecule has 0 heterocycles. The predicted octanol–water partition coefficient (Wildman–Crippen LogP) is 3.65. The molecule has 0 fully saturated rings. The van der Waals surface area contributed by atoms with E-state index in [0.717, 1.165) is 13.0 Å². The molecule has 98 valence electrons. The molecule has 5 heteroatoms. The lowest BCUT2D eigenvalue weighted by Gasteiger charge is -2.07. The highest BCUT2D eigenvalue weighted by Crippen LogP contribution is 2.23. The van der Waals surface area contributed by atoms with Crippen LogP contribution < -0.4 is 5.32 Å². The van der Waals surface area contributed by atoms with Crippen LogP contribution in [0.3, 0.4) is 0 Å². The minimum atomic E-state index is -0.403. The number of nitro groups is 1. The van der Waals surface area contributed by atoms with Crippen molar-refractivity contribution in [3.05, 3.63) is 45.0 Å². The van der Waals surface area contributed by atoms with Gasteiger partial charge in [0.15, 0.2) is 0 Å². The van der Waals surface area contributed by atoms with Gasteiger partial charge in [-0.15, -0.1) is 0 Å². The molecular weight excluding hydrogens is 252 g/mol. The summed E-state index contributed by atoms with van der Waals surface area (Å²) >= 11 is 5.85. The molecule has 1 N–H and O–H groups in total. The van der Waals surface area contributed by atoms with Crippen LogP contribution in [0.1, 0.15) is 25.8 Å². The SMILES string of the molecule is CCCNC(C)/C=C/c1cc(Cl)ccc1[N+](=O)[O-]. The first-order valence-corrected chi connectivity index (χ1v) is 6.28. The first-order chi connectivity index (χ1) is 8.54. The van der Waals surface area contributed by atoms with E-state index in [1.807, 2.05) is 13.0 Å². The number of nitrogens with zero attached hydrogens (tertiary/aromatic N) is 1. The summed E-state index contributed by atoms with van der Waals surface area (Å²) in [5.74, 6) is 0. The zero-order chi connectivity index (χ0) is 13.5. The molecule has 0 aliphatic rings. The molecule has 0 radical (unpaired) electrons. The second-order valence-corrected chi connectivity index (χ2v) is 4.50. The van der Waals surface area contributed by atoms with Gasteiger partial charge in [0.25, 0.3) is 5.69 Å². The Morgan fingerprint density at radius 2 is 2.28 bits per heavy atom. The van der Waals surface area contributed by atoms with E-state index in [0.29, 0.717) is 10.6 Å².